The van der Waals surface area contributed by atoms with Crippen LogP contribution in [0.4, 0.5) is 9.59 Å². The third-order valence-electron chi connectivity index (χ3n) is 14.6. The standard InChI is InChI=1S/C63H71N9O10/c1-10-29-79-59(76)53(32-41-23-26-42-17-11-12-18-43(42)30-41)66-57(74)54-33-46(36-71(54)58(75)55(62(3,4)5)67-56(73)39(2)70(9)61(78)82-63(6,7)8)72-35-45(68-69-72)37-80-47-27-24-40(25-28-47)31-44(34-64)65-60(77)81-38-52-50-21-15-13-19-48(50)49-20-14-16-22-51(49)52/h10-28,30,35,39,44,46,52-55H,1,29,31-33,36-38H2,2-9H3,(H,65,77)(H,66,74)(H,67,73)/t39-,44+,46-,53-,54-,55+/m0/s1. The van der Waals surface area contributed by atoms with Gasteiger partial charge in [-0.25, -0.2) is 19.1 Å². The van der Waals surface area contributed by atoms with Crippen molar-refractivity contribution < 1.29 is 47.7 Å². The normalized spacial score (nSPS) is 16.3. The van der Waals surface area contributed by atoms with Gasteiger partial charge in [-0.3, -0.25) is 19.3 Å². The van der Waals surface area contributed by atoms with Crippen LogP contribution in [0.2, 0.25) is 0 Å². The van der Waals surface area contributed by atoms with Crippen molar-refractivity contribution in [2.45, 2.75) is 122 Å². The number of likely N-dealkylation sites (N-methyl/N-ethyl adjacent to an activating group) is 1. The molecule has 8 rings (SSSR count). The van der Waals surface area contributed by atoms with E-state index in [1.165, 1.54) is 24.9 Å². The van der Waals surface area contributed by atoms with Gasteiger partial charge in [0.2, 0.25) is 17.7 Å². The number of esters is 1. The van der Waals surface area contributed by atoms with Crippen molar-refractivity contribution in [2.75, 3.05) is 26.8 Å². The average molecular weight is 1110 g/mol. The van der Waals surface area contributed by atoms with Gasteiger partial charge in [0.1, 0.15) is 67.1 Å². The number of carbonyl (C=O) groups is 6. The first-order valence-corrected chi connectivity index (χ1v) is 27.4. The summed E-state index contributed by atoms with van der Waals surface area (Å²) in [6.07, 6.45) is 2.03. The number of likely N-dealkylation sites (tertiary alicyclic amines) is 1. The van der Waals surface area contributed by atoms with Crippen LogP contribution in [-0.4, -0.2) is 123 Å². The molecular weight excluding hydrogens is 1040 g/mol. The monoisotopic (exact) mass is 1110 g/mol. The van der Waals surface area contributed by atoms with Crippen molar-refractivity contribution in [3.8, 4) is 22.9 Å². The fraction of sp³-hybridized carbons (Fsp3) is 0.381. The van der Waals surface area contributed by atoms with Crippen molar-refractivity contribution >= 4 is 46.6 Å². The Hall–Kier alpha value is -9.05. The molecule has 19 nitrogen and oxygen atoms in total. The molecule has 6 aromatic rings. The Morgan fingerprint density at radius 2 is 1.46 bits per heavy atom. The highest BCUT2D eigenvalue weighted by Gasteiger charge is 2.47. The van der Waals surface area contributed by atoms with Crippen molar-refractivity contribution in [2.24, 2.45) is 5.41 Å². The number of nitriles is 1. The van der Waals surface area contributed by atoms with Crippen molar-refractivity contribution in [3.63, 3.8) is 0 Å². The van der Waals surface area contributed by atoms with E-state index >= 15 is 4.79 Å². The topological polar surface area (TPSA) is 236 Å². The van der Waals surface area contributed by atoms with Gasteiger partial charge in [0.15, 0.2) is 0 Å². The third-order valence-corrected chi connectivity index (χ3v) is 14.6. The zero-order valence-corrected chi connectivity index (χ0v) is 47.6. The first-order valence-electron chi connectivity index (χ1n) is 27.4. The molecule has 428 valence electrons. The van der Waals surface area contributed by atoms with E-state index in [0.29, 0.717) is 11.4 Å². The molecule has 1 aromatic heterocycles. The highest BCUT2D eigenvalue weighted by Crippen LogP contribution is 2.44. The van der Waals surface area contributed by atoms with Crippen LogP contribution in [0.15, 0.2) is 134 Å². The quantitative estimate of drug-likeness (QED) is 0.0371. The molecule has 5 aromatic carbocycles. The molecule has 0 unspecified atom stereocenters. The number of nitrogens with zero attached hydrogens (tertiary/aromatic N) is 6. The summed E-state index contributed by atoms with van der Waals surface area (Å²) in [5, 5.41) is 29.1. The minimum absolute atomic E-state index is 0.000114. The SMILES string of the molecule is C=CCOC(=O)[C@H](Cc1ccc2ccccc2c1)NC(=O)[C@@H]1C[C@H](n2cc(COc3ccc(C[C@H](C#N)NC(=O)OCC4c5ccccc5-c5ccccc54)cc3)nn2)CN1C(=O)[C@@H](NC(=O)[C@H](C)N(C)C(=O)OC(C)(C)C)C(C)(C)C. The first-order chi connectivity index (χ1) is 39.1. The number of benzene rings is 5. The second-order valence-electron chi connectivity index (χ2n) is 22.8. The number of hydrogen-bond acceptors (Lipinski definition) is 13. The molecule has 5 amide bonds. The Labute approximate surface area is 477 Å². The lowest BCUT2D eigenvalue weighted by Crippen LogP contribution is -2.60. The van der Waals surface area contributed by atoms with Crippen molar-refractivity contribution in [1.82, 2.24) is 40.7 Å². The van der Waals surface area contributed by atoms with Crippen molar-refractivity contribution in [3.05, 3.63) is 162 Å². The van der Waals surface area contributed by atoms with E-state index in [0.717, 1.165) is 49.1 Å². The van der Waals surface area contributed by atoms with Gasteiger partial charge in [0.05, 0.1) is 18.3 Å². The van der Waals surface area contributed by atoms with Crippen LogP contribution in [0.1, 0.15) is 94.8 Å². The van der Waals surface area contributed by atoms with E-state index in [1.54, 1.807) is 76.7 Å². The molecule has 1 aliphatic carbocycles. The Balaban J connectivity index is 0.940. The zero-order chi connectivity index (χ0) is 58.9. The van der Waals surface area contributed by atoms with Crippen LogP contribution in [0.5, 0.6) is 5.75 Å². The molecule has 82 heavy (non-hydrogen) atoms. The van der Waals surface area contributed by atoms with Crippen LogP contribution in [0, 0.1) is 16.7 Å². The van der Waals surface area contributed by atoms with Gasteiger partial charge in [-0.15, -0.1) is 5.10 Å². The van der Waals surface area contributed by atoms with Gasteiger partial charge >= 0.3 is 18.2 Å². The molecule has 6 atom stereocenters. The van der Waals surface area contributed by atoms with Crippen LogP contribution >= 0.6 is 0 Å². The second kappa shape index (κ2) is 25.6. The third kappa shape index (κ3) is 14.5. The number of ether oxygens (including phenoxy) is 4. The highest BCUT2D eigenvalue weighted by atomic mass is 16.6. The molecule has 2 aliphatic rings. The first kappa shape index (κ1) is 59.1. The molecule has 0 saturated carbocycles. The van der Waals surface area contributed by atoms with Crippen LogP contribution in [0.25, 0.3) is 21.9 Å². The Kier molecular flexibility index (Phi) is 18.4. The fourth-order valence-corrected chi connectivity index (χ4v) is 10.1. The van der Waals surface area contributed by atoms with Gasteiger partial charge in [-0.1, -0.05) is 142 Å². The largest absolute Gasteiger partial charge is 0.487 e. The number of rotatable bonds is 20. The molecule has 0 spiro atoms. The summed E-state index contributed by atoms with van der Waals surface area (Å²) < 4.78 is 24.3. The molecule has 0 bridgehead atoms. The van der Waals surface area contributed by atoms with Crippen LogP contribution in [-0.2, 0) is 52.8 Å². The summed E-state index contributed by atoms with van der Waals surface area (Å²) in [7, 11) is 1.43. The van der Waals surface area contributed by atoms with E-state index in [1.807, 2.05) is 78.9 Å². The molecule has 19 heteroatoms. The summed E-state index contributed by atoms with van der Waals surface area (Å²) in [4.78, 5) is 86.0. The predicted octanol–water partition coefficient (Wildman–Crippen LogP) is 8.37. The van der Waals surface area contributed by atoms with E-state index in [4.69, 9.17) is 18.9 Å². The number of hydrogen-bond donors (Lipinski definition) is 3. The number of fused-ring (bicyclic) bond motifs is 4. The summed E-state index contributed by atoms with van der Waals surface area (Å²) in [6.45, 7) is 15.7. The summed E-state index contributed by atoms with van der Waals surface area (Å²) in [5.74, 6) is -2.14. The molecular formula is C63H71N9O10. The van der Waals surface area contributed by atoms with Crippen molar-refractivity contribution in [1.29, 1.82) is 5.26 Å². The Morgan fingerprint density at radius 1 is 0.817 bits per heavy atom. The van der Waals surface area contributed by atoms with Gasteiger partial charge < -0.3 is 39.8 Å². The summed E-state index contributed by atoms with van der Waals surface area (Å²) in [6, 6.07) is 32.9. The summed E-state index contributed by atoms with van der Waals surface area (Å²) >= 11 is 0. The lowest BCUT2D eigenvalue weighted by molar-refractivity contribution is -0.148. The van der Waals surface area contributed by atoms with Crippen LogP contribution < -0.4 is 20.7 Å². The number of alkyl carbamates (subject to hydrolysis) is 1. The van der Waals surface area contributed by atoms with Gasteiger partial charge in [0.25, 0.3) is 0 Å². The fourth-order valence-electron chi connectivity index (χ4n) is 10.1. The van der Waals surface area contributed by atoms with E-state index in [2.05, 4.69) is 51.0 Å². The maximum Gasteiger partial charge on any atom is 0.410 e. The molecule has 3 N–H and O–H groups in total. The minimum Gasteiger partial charge on any atom is -0.487 e. The number of aromatic nitrogens is 3. The lowest BCUT2D eigenvalue weighted by atomic mass is 9.85. The molecule has 1 fully saturated rings. The second-order valence-corrected chi connectivity index (χ2v) is 22.8. The highest BCUT2D eigenvalue weighted by molar-refractivity contribution is 5.96. The lowest BCUT2D eigenvalue weighted by Gasteiger charge is -2.37. The maximum absolute atomic E-state index is 15.1. The van der Waals surface area contributed by atoms with E-state index < -0.39 is 83.1 Å². The molecule has 1 saturated heterocycles. The van der Waals surface area contributed by atoms with E-state index in [-0.39, 0.29) is 51.5 Å². The Bertz CT molecular complexity index is 3310. The van der Waals surface area contributed by atoms with Gasteiger partial charge in [-0.2, -0.15) is 5.26 Å². The van der Waals surface area contributed by atoms with Gasteiger partial charge in [0, 0.05) is 38.8 Å². The number of amides is 5. The zero-order valence-electron chi connectivity index (χ0n) is 47.6. The smallest absolute Gasteiger partial charge is 0.410 e. The maximum atomic E-state index is 15.1. The predicted molar refractivity (Wildman–Crippen MR) is 307 cm³/mol. The number of nitrogens with one attached hydrogen (secondary N) is 3. The average Bonchev–Trinajstić information content (AvgIpc) is 3.89. The van der Waals surface area contributed by atoms with Gasteiger partial charge in [-0.05, 0) is 89.4 Å². The molecule has 1 aliphatic heterocycles. The minimum atomic E-state index is -1.19. The van der Waals surface area contributed by atoms with Crippen LogP contribution in [0.3, 0.4) is 0 Å². The summed E-state index contributed by atoms with van der Waals surface area (Å²) in [5.41, 5.74) is 4.65. The molecule has 2 heterocycles. The Morgan fingerprint density at radius 3 is 2.11 bits per heavy atom. The van der Waals surface area contributed by atoms with E-state index in [9.17, 15) is 29.2 Å². The number of carbonyl (C=O) groups excluding carboxylic acids is 6. The molecule has 0 radical (unpaired) electrons.